The smallest absolute Gasteiger partial charge is 0.229 e. The zero-order valence-electron chi connectivity index (χ0n) is 13.2. The van der Waals surface area contributed by atoms with Crippen molar-refractivity contribution in [2.45, 2.75) is 45.4 Å². The third-order valence-electron chi connectivity index (χ3n) is 4.03. The lowest BCUT2D eigenvalue weighted by Gasteiger charge is -2.15. The Kier molecular flexibility index (Phi) is 5.45. The standard InChI is InChI=1S/C16H24N2O3S/c1-12-9-10-14(11-15(12)18-22(2,20)21)17-16(19)13-7-5-3-4-6-8-13/h9-11,13,18H,3-8H2,1-2H3,(H,17,19). The number of amides is 1. The SMILES string of the molecule is Cc1ccc(NC(=O)C2CCCCCC2)cc1NS(C)(=O)=O. The van der Waals surface area contributed by atoms with Gasteiger partial charge in [0, 0.05) is 11.6 Å². The molecule has 0 heterocycles. The van der Waals surface area contributed by atoms with E-state index in [9.17, 15) is 13.2 Å². The molecule has 22 heavy (non-hydrogen) atoms. The van der Waals surface area contributed by atoms with Crippen molar-refractivity contribution in [2.24, 2.45) is 5.92 Å². The number of hydrogen-bond donors (Lipinski definition) is 2. The Morgan fingerprint density at radius 3 is 2.36 bits per heavy atom. The predicted molar refractivity (Wildman–Crippen MR) is 89.5 cm³/mol. The van der Waals surface area contributed by atoms with Gasteiger partial charge in [-0.2, -0.15) is 0 Å². The Morgan fingerprint density at radius 2 is 1.77 bits per heavy atom. The van der Waals surface area contributed by atoms with Crippen molar-refractivity contribution in [2.75, 3.05) is 16.3 Å². The van der Waals surface area contributed by atoms with Crippen LogP contribution in [0.2, 0.25) is 0 Å². The van der Waals surface area contributed by atoms with Crippen molar-refractivity contribution in [1.29, 1.82) is 0 Å². The molecule has 1 fully saturated rings. The summed E-state index contributed by atoms with van der Waals surface area (Å²) < 4.78 is 25.2. The molecule has 0 unspecified atom stereocenters. The fraction of sp³-hybridized carbons (Fsp3) is 0.562. The molecule has 0 radical (unpaired) electrons. The van der Waals surface area contributed by atoms with Gasteiger partial charge in [-0.1, -0.05) is 31.7 Å². The number of nitrogens with one attached hydrogen (secondary N) is 2. The zero-order valence-corrected chi connectivity index (χ0v) is 14.0. The molecule has 122 valence electrons. The van der Waals surface area contributed by atoms with Crippen LogP contribution < -0.4 is 10.0 Å². The highest BCUT2D eigenvalue weighted by atomic mass is 32.2. The highest BCUT2D eigenvalue weighted by molar-refractivity contribution is 7.92. The van der Waals surface area contributed by atoms with E-state index in [2.05, 4.69) is 10.0 Å². The van der Waals surface area contributed by atoms with Gasteiger partial charge in [-0.05, 0) is 37.5 Å². The highest BCUT2D eigenvalue weighted by Crippen LogP contribution is 2.26. The fourth-order valence-electron chi connectivity index (χ4n) is 2.80. The summed E-state index contributed by atoms with van der Waals surface area (Å²) in [4.78, 5) is 12.4. The van der Waals surface area contributed by atoms with Crippen molar-refractivity contribution < 1.29 is 13.2 Å². The van der Waals surface area contributed by atoms with Crippen LogP contribution in [0, 0.1) is 12.8 Å². The number of hydrogen-bond acceptors (Lipinski definition) is 3. The molecule has 0 aromatic heterocycles. The van der Waals surface area contributed by atoms with Crippen LogP contribution in [0.4, 0.5) is 11.4 Å². The summed E-state index contributed by atoms with van der Waals surface area (Å²) in [5.41, 5.74) is 1.95. The van der Waals surface area contributed by atoms with E-state index in [0.717, 1.165) is 37.5 Å². The normalized spacial score (nSPS) is 16.8. The lowest BCUT2D eigenvalue weighted by atomic mass is 9.99. The Morgan fingerprint density at radius 1 is 1.14 bits per heavy atom. The monoisotopic (exact) mass is 324 g/mol. The first-order valence-electron chi connectivity index (χ1n) is 7.74. The molecule has 6 heteroatoms. The van der Waals surface area contributed by atoms with E-state index < -0.39 is 10.0 Å². The summed E-state index contributed by atoms with van der Waals surface area (Å²) >= 11 is 0. The minimum absolute atomic E-state index is 0.0380. The van der Waals surface area contributed by atoms with E-state index >= 15 is 0 Å². The molecule has 1 amide bonds. The second kappa shape index (κ2) is 7.13. The van der Waals surface area contributed by atoms with Crippen molar-refractivity contribution in [1.82, 2.24) is 0 Å². The number of rotatable bonds is 4. The maximum atomic E-state index is 12.4. The number of carbonyl (C=O) groups is 1. The number of sulfonamides is 1. The second-order valence-electron chi connectivity index (χ2n) is 6.08. The average Bonchev–Trinajstić information content (AvgIpc) is 2.70. The number of benzene rings is 1. The van der Waals surface area contributed by atoms with Crippen LogP contribution in [0.3, 0.4) is 0 Å². The summed E-state index contributed by atoms with van der Waals surface area (Å²) in [6.07, 6.45) is 7.61. The van der Waals surface area contributed by atoms with Crippen LogP contribution in [0.15, 0.2) is 18.2 Å². The van der Waals surface area contributed by atoms with Gasteiger partial charge < -0.3 is 5.32 Å². The molecule has 1 saturated carbocycles. The van der Waals surface area contributed by atoms with Crippen LogP contribution >= 0.6 is 0 Å². The minimum atomic E-state index is -3.33. The molecule has 1 aromatic carbocycles. The topological polar surface area (TPSA) is 75.3 Å². The molecule has 5 nitrogen and oxygen atoms in total. The van der Waals surface area contributed by atoms with Gasteiger partial charge >= 0.3 is 0 Å². The van der Waals surface area contributed by atoms with Crippen molar-refractivity contribution in [3.8, 4) is 0 Å². The zero-order chi connectivity index (χ0) is 16.2. The van der Waals surface area contributed by atoms with Crippen LogP contribution in [0.25, 0.3) is 0 Å². The van der Waals surface area contributed by atoms with Gasteiger partial charge in [0.25, 0.3) is 0 Å². The Balaban J connectivity index is 2.09. The Labute approximate surface area is 132 Å². The molecule has 2 N–H and O–H groups in total. The fourth-order valence-corrected chi connectivity index (χ4v) is 3.41. The first-order chi connectivity index (χ1) is 10.3. The van der Waals surface area contributed by atoms with Crippen molar-refractivity contribution in [3.63, 3.8) is 0 Å². The lowest BCUT2D eigenvalue weighted by molar-refractivity contribution is -0.120. The van der Waals surface area contributed by atoms with Gasteiger partial charge in [0.2, 0.25) is 15.9 Å². The van der Waals surface area contributed by atoms with Gasteiger partial charge in [-0.25, -0.2) is 8.42 Å². The summed E-state index contributed by atoms with van der Waals surface area (Å²) in [7, 11) is -3.33. The van der Waals surface area contributed by atoms with Crippen LogP contribution in [0.5, 0.6) is 0 Å². The van der Waals surface area contributed by atoms with E-state index in [1.54, 1.807) is 18.2 Å². The van der Waals surface area contributed by atoms with Gasteiger partial charge in [0.05, 0.1) is 11.9 Å². The van der Waals surface area contributed by atoms with Crippen molar-refractivity contribution >= 4 is 27.3 Å². The molecule has 0 atom stereocenters. The highest BCUT2D eigenvalue weighted by Gasteiger charge is 2.20. The summed E-state index contributed by atoms with van der Waals surface area (Å²) in [6.45, 7) is 1.82. The molecule has 2 rings (SSSR count). The van der Waals surface area contributed by atoms with Gasteiger partial charge in [0.1, 0.15) is 0 Å². The van der Waals surface area contributed by atoms with E-state index in [1.165, 1.54) is 12.8 Å². The van der Waals surface area contributed by atoms with E-state index in [4.69, 9.17) is 0 Å². The van der Waals surface area contributed by atoms with E-state index in [-0.39, 0.29) is 11.8 Å². The molecule has 0 spiro atoms. The maximum Gasteiger partial charge on any atom is 0.229 e. The quantitative estimate of drug-likeness (QED) is 0.835. The molecular weight excluding hydrogens is 300 g/mol. The predicted octanol–water partition coefficient (Wildman–Crippen LogP) is 3.28. The molecule has 1 aliphatic carbocycles. The number of aryl methyl sites for hydroxylation is 1. The second-order valence-corrected chi connectivity index (χ2v) is 7.83. The van der Waals surface area contributed by atoms with Crippen LogP contribution in [-0.4, -0.2) is 20.6 Å². The Hall–Kier alpha value is -1.56. The molecule has 0 saturated heterocycles. The summed E-state index contributed by atoms with van der Waals surface area (Å²) in [5, 5.41) is 2.92. The Bertz CT molecular complexity index is 633. The van der Waals surface area contributed by atoms with Gasteiger partial charge in [-0.3, -0.25) is 9.52 Å². The van der Waals surface area contributed by atoms with E-state index in [1.807, 2.05) is 6.92 Å². The summed E-state index contributed by atoms with van der Waals surface area (Å²) in [5.74, 6) is 0.103. The first-order valence-corrected chi connectivity index (χ1v) is 9.63. The number of anilines is 2. The molecular formula is C16H24N2O3S. The number of carbonyl (C=O) groups excluding carboxylic acids is 1. The van der Waals surface area contributed by atoms with Crippen molar-refractivity contribution in [3.05, 3.63) is 23.8 Å². The molecule has 0 aliphatic heterocycles. The van der Waals surface area contributed by atoms with Crippen LogP contribution in [0.1, 0.15) is 44.1 Å². The third-order valence-corrected chi connectivity index (χ3v) is 4.62. The average molecular weight is 324 g/mol. The first kappa shape index (κ1) is 16.8. The largest absolute Gasteiger partial charge is 0.326 e. The van der Waals surface area contributed by atoms with Gasteiger partial charge in [-0.15, -0.1) is 0 Å². The maximum absolute atomic E-state index is 12.4. The molecule has 1 aromatic rings. The minimum Gasteiger partial charge on any atom is -0.326 e. The van der Waals surface area contributed by atoms with Gasteiger partial charge in [0.15, 0.2) is 0 Å². The van der Waals surface area contributed by atoms with E-state index in [0.29, 0.717) is 11.4 Å². The third kappa shape index (κ3) is 5.02. The van der Waals surface area contributed by atoms with Crippen LogP contribution in [-0.2, 0) is 14.8 Å². The summed E-state index contributed by atoms with van der Waals surface area (Å²) in [6, 6.07) is 5.28. The molecule has 1 aliphatic rings. The molecule has 0 bridgehead atoms. The lowest BCUT2D eigenvalue weighted by Crippen LogP contribution is -2.22.